The van der Waals surface area contributed by atoms with Gasteiger partial charge in [0.1, 0.15) is 35.5 Å². The molecule has 2 N–H and O–H groups in total. The lowest BCUT2D eigenvalue weighted by molar-refractivity contribution is -0.141. The second-order valence-corrected chi connectivity index (χ2v) is 14.4. The fraction of sp³-hybridized carbons (Fsp3) is 0.459. The number of anilines is 1. The fourth-order valence-electron chi connectivity index (χ4n) is 7.93. The Hall–Kier alpha value is -5.41. The zero-order valence-electron chi connectivity index (χ0n) is 29.7. The summed E-state index contributed by atoms with van der Waals surface area (Å²) in [5.74, 6) is -1.58. The van der Waals surface area contributed by atoms with Crippen molar-refractivity contribution in [1.29, 1.82) is 0 Å². The third-order valence-corrected chi connectivity index (χ3v) is 10.7. The topological polar surface area (TPSA) is 161 Å². The van der Waals surface area contributed by atoms with Gasteiger partial charge in [-0.05, 0) is 80.3 Å². The molecule has 3 aliphatic rings. The van der Waals surface area contributed by atoms with Crippen LogP contribution in [0.2, 0.25) is 0 Å². The van der Waals surface area contributed by atoms with Crippen LogP contribution < -0.4 is 15.4 Å². The van der Waals surface area contributed by atoms with Crippen LogP contribution in [-0.2, 0) is 33.5 Å². The first-order chi connectivity index (χ1) is 25.2. The molecule has 13 nitrogen and oxygen atoms in total. The van der Waals surface area contributed by atoms with E-state index >= 15 is 0 Å². The average Bonchev–Trinajstić information content (AvgIpc) is 3.36. The van der Waals surface area contributed by atoms with Gasteiger partial charge in [-0.2, -0.15) is 18.3 Å². The molecule has 1 saturated heterocycles. The summed E-state index contributed by atoms with van der Waals surface area (Å²) in [6.45, 7) is 6.63. The van der Waals surface area contributed by atoms with Gasteiger partial charge in [0.15, 0.2) is 5.78 Å². The number of halogens is 3. The number of amides is 3. The van der Waals surface area contributed by atoms with Crippen LogP contribution in [0.25, 0.3) is 10.9 Å². The molecule has 3 amide bonds. The Morgan fingerprint density at radius 3 is 2.51 bits per heavy atom. The molecule has 2 aliphatic heterocycles. The van der Waals surface area contributed by atoms with E-state index in [-0.39, 0.29) is 61.1 Å². The van der Waals surface area contributed by atoms with E-state index in [1.54, 1.807) is 24.5 Å². The van der Waals surface area contributed by atoms with E-state index in [1.807, 2.05) is 13.8 Å². The van der Waals surface area contributed by atoms with E-state index in [0.29, 0.717) is 41.5 Å². The number of hydrogen-bond donors (Lipinski definition) is 2. The number of carbonyl (C=O) groups excluding carboxylic acids is 4. The monoisotopic (exact) mass is 732 g/mol. The predicted molar refractivity (Wildman–Crippen MR) is 185 cm³/mol. The number of alkyl halides is 3. The summed E-state index contributed by atoms with van der Waals surface area (Å²) in [4.78, 5) is 68.0. The van der Waals surface area contributed by atoms with Crippen molar-refractivity contribution in [1.82, 2.24) is 34.9 Å². The fourth-order valence-corrected chi connectivity index (χ4v) is 7.93. The molecule has 4 aromatic rings. The molecule has 0 spiro atoms. The minimum Gasteiger partial charge on any atom is -0.424 e. The van der Waals surface area contributed by atoms with Crippen LogP contribution >= 0.6 is 0 Å². The number of ketones is 1. The summed E-state index contributed by atoms with van der Waals surface area (Å²) in [6.07, 6.45) is 1.56. The molecule has 2 bridgehead atoms. The van der Waals surface area contributed by atoms with Crippen molar-refractivity contribution in [3.8, 4) is 11.8 Å². The molecule has 0 radical (unpaired) electrons. The molecule has 4 atom stereocenters. The van der Waals surface area contributed by atoms with Crippen LogP contribution in [0.15, 0.2) is 36.7 Å². The van der Waals surface area contributed by atoms with Crippen molar-refractivity contribution in [3.63, 3.8) is 0 Å². The van der Waals surface area contributed by atoms with Gasteiger partial charge in [-0.25, -0.2) is 15.0 Å². The van der Waals surface area contributed by atoms with Crippen LogP contribution in [0.1, 0.15) is 78.8 Å². The minimum atomic E-state index is -4.73. The highest BCUT2D eigenvalue weighted by Crippen LogP contribution is 2.64. The standard InChI is InChI=1S/C37H39F3N8O5/c1-19-15-41-35(42-16-19)53-24-12-23-8-6-5-7-9-28(50)43-18-36-14-26(34(52)45-33-20(2)10-11-27(44-33)37(38,39)40)48(32(36)21(36)3)29(51)17-47-31(23)25(13-24)30(46-47)22(4)49/h10-13,15-16,21,26,32H,5-9,14,17-18H2,1-4H3,(H,43,50)(H,44,45,52)/t21-,26-,32+,36+/m0/s1. The molecule has 53 heavy (non-hydrogen) atoms. The van der Waals surface area contributed by atoms with Crippen molar-refractivity contribution < 1.29 is 37.1 Å². The van der Waals surface area contributed by atoms with Gasteiger partial charge in [0.05, 0.1) is 5.52 Å². The molecule has 5 heterocycles. The number of hydrogen-bond acceptors (Lipinski definition) is 9. The Morgan fingerprint density at radius 1 is 1.06 bits per heavy atom. The van der Waals surface area contributed by atoms with Gasteiger partial charge in [-0.15, -0.1) is 0 Å². The number of ether oxygens (including phenoxy) is 1. The van der Waals surface area contributed by atoms with Crippen molar-refractivity contribution in [2.24, 2.45) is 11.3 Å². The number of Topliss-reactive ketones (excluding diaryl/α,β-unsaturated/α-hetero) is 1. The van der Waals surface area contributed by atoms with Crippen LogP contribution in [0, 0.1) is 25.2 Å². The lowest BCUT2D eigenvalue weighted by atomic mass is 9.95. The molecule has 7 rings (SSSR count). The molecule has 1 saturated carbocycles. The number of pyridine rings is 1. The summed E-state index contributed by atoms with van der Waals surface area (Å²) in [6, 6.07) is 4.14. The summed E-state index contributed by atoms with van der Waals surface area (Å²) in [7, 11) is 0. The Kier molecular flexibility index (Phi) is 9.18. The van der Waals surface area contributed by atoms with Crippen molar-refractivity contribution in [2.75, 3.05) is 11.9 Å². The molecule has 16 heteroatoms. The highest BCUT2D eigenvalue weighted by molar-refractivity contribution is 6.06. The molecular weight excluding hydrogens is 693 g/mol. The number of nitrogens with zero attached hydrogens (tertiary/aromatic N) is 6. The normalized spacial score (nSPS) is 23.4. The Labute approximate surface area is 302 Å². The van der Waals surface area contributed by atoms with Gasteiger partial charge in [-0.1, -0.05) is 19.4 Å². The van der Waals surface area contributed by atoms with Crippen molar-refractivity contribution in [3.05, 3.63) is 64.7 Å². The van der Waals surface area contributed by atoms with E-state index in [2.05, 4.69) is 30.7 Å². The zero-order valence-corrected chi connectivity index (χ0v) is 29.7. The average molecular weight is 733 g/mol. The maximum absolute atomic E-state index is 14.5. The quantitative estimate of drug-likeness (QED) is 0.259. The number of aryl methyl sites for hydroxylation is 3. The van der Waals surface area contributed by atoms with Crippen LogP contribution in [0.5, 0.6) is 11.8 Å². The summed E-state index contributed by atoms with van der Waals surface area (Å²) in [5.41, 5.74) is 0.839. The number of rotatable bonds is 5. The lowest BCUT2D eigenvalue weighted by Crippen LogP contribution is -2.47. The SMILES string of the molecule is CC(=O)c1nn2c3c(cc(Oc4ncc(C)cn4)cc13)CCCCCC(=O)NC[C@@]13C[C@@H](C(=O)Nc4nc(C(F)(F)F)ccc4C)N(C(=O)C2)[C@@H]1[C@@H]3C. The third-order valence-electron chi connectivity index (χ3n) is 10.7. The van der Waals surface area contributed by atoms with Crippen LogP contribution in [0.3, 0.4) is 0 Å². The number of aromatic nitrogens is 5. The second-order valence-electron chi connectivity index (χ2n) is 14.4. The third kappa shape index (κ3) is 6.81. The molecule has 2 fully saturated rings. The summed E-state index contributed by atoms with van der Waals surface area (Å²) >= 11 is 0. The van der Waals surface area contributed by atoms with E-state index < -0.39 is 41.2 Å². The molecule has 278 valence electrons. The maximum Gasteiger partial charge on any atom is 0.433 e. The molecule has 1 aliphatic carbocycles. The number of benzene rings is 1. The number of piperidine rings is 1. The van der Waals surface area contributed by atoms with Crippen molar-refractivity contribution in [2.45, 2.75) is 91.0 Å². The number of nitrogens with one attached hydrogen (secondary N) is 2. The van der Waals surface area contributed by atoms with Gasteiger partial charge < -0.3 is 20.3 Å². The number of carbonyl (C=O) groups is 4. The Bertz CT molecular complexity index is 2140. The molecule has 3 aromatic heterocycles. The molecule has 0 unspecified atom stereocenters. The Balaban J connectivity index is 1.28. The summed E-state index contributed by atoms with van der Waals surface area (Å²) < 4.78 is 48.1. The highest BCUT2D eigenvalue weighted by Gasteiger charge is 2.72. The van der Waals surface area contributed by atoms with Gasteiger partial charge >= 0.3 is 12.2 Å². The van der Waals surface area contributed by atoms with Crippen molar-refractivity contribution >= 4 is 40.2 Å². The second kappa shape index (κ2) is 13.5. The van der Waals surface area contributed by atoms with E-state index in [1.165, 1.54) is 29.5 Å². The van der Waals surface area contributed by atoms with Gasteiger partial charge in [0.25, 0.3) is 0 Å². The molecule has 1 aromatic carbocycles. The predicted octanol–water partition coefficient (Wildman–Crippen LogP) is 5.33. The largest absolute Gasteiger partial charge is 0.433 e. The van der Waals surface area contributed by atoms with Crippen LogP contribution in [-0.4, -0.2) is 71.8 Å². The Morgan fingerprint density at radius 2 is 1.79 bits per heavy atom. The van der Waals surface area contributed by atoms with E-state index in [4.69, 9.17) is 4.74 Å². The first kappa shape index (κ1) is 36.0. The summed E-state index contributed by atoms with van der Waals surface area (Å²) in [5, 5.41) is 10.7. The maximum atomic E-state index is 14.5. The smallest absolute Gasteiger partial charge is 0.424 e. The van der Waals surface area contributed by atoms with Crippen LogP contribution in [0.4, 0.5) is 19.0 Å². The highest BCUT2D eigenvalue weighted by atomic mass is 19.4. The lowest BCUT2D eigenvalue weighted by Gasteiger charge is -2.28. The van der Waals surface area contributed by atoms with E-state index in [9.17, 15) is 32.3 Å². The van der Waals surface area contributed by atoms with Gasteiger partial charge in [0, 0.05) is 49.1 Å². The van der Waals surface area contributed by atoms with Gasteiger partial charge in [0.2, 0.25) is 17.7 Å². The van der Waals surface area contributed by atoms with Gasteiger partial charge in [-0.3, -0.25) is 23.9 Å². The molecular formula is C37H39F3N8O5. The van der Waals surface area contributed by atoms with E-state index in [0.717, 1.165) is 23.6 Å². The first-order valence-electron chi connectivity index (χ1n) is 17.6. The minimum absolute atomic E-state index is 0.0821. The first-order valence-corrected chi connectivity index (χ1v) is 17.6. The zero-order chi connectivity index (χ0) is 37.8.